The Hall–Kier alpha value is -1.03. The van der Waals surface area contributed by atoms with Gasteiger partial charge in [0.25, 0.3) is 5.56 Å². The van der Waals surface area contributed by atoms with Crippen LogP contribution in [0.15, 0.2) is 9.59 Å². The maximum atomic E-state index is 12.6. The van der Waals surface area contributed by atoms with Crippen LogP contribution in [0.1, 0.15) is 64.0 Å². The van der Waals surface area contributed by atoms with Crippen molar-refractivity contribution in [1.29, 1.82) is 0 Å². The molecule has 0 aliphatic heterocycles. The number of hydrogen-bond donors (Lipinski definition) is 1. The van der Waals surface area contributed by atoms with Crippen LogP contribution in [0.25, 0.3) is 0 Å². The van der Waals surface area contributed by atoms with Gasteiger partial charge in [-0.25, -0.2) is 4.79 Å². The second-order valence-corrected chi connectivity index (χ2v) is 6.12. The van der Waals surface area contributed by atoms with E-state index in [-0.39, 0.29) is 22.4 Å². The number of hydrogen-bond acceptors (Lipinski definition) is 2. The Balaban J connectivity index is 2.43. The lowest BCUT2D eigenvalue weighted by atomic mass is 9.84. The molecule has 2 unspecified atom stereocenters. The number of rotatable bonds is 4. The third-order valence-corrected chi connectivity index (χ3v) is 4.70. The maximum absolute atomic E-state index is 12.6. The summed E-state index contributed by atoms with van der Waals surface area (Å²) >= 11 is 6.01. The molecule has 4 nitrogen and oxygen atoms in total. The molecule has 0 bridgehead atoms. The SMILES string of the molecule is CCCc1c(Cl)[nH]c(=O)n(C2CCCC(CC)C2)c1=O. The summed E-state index contributed by atoms with van der Waals surface area (Å²) in [6, 6.07) is 0.0258. The number of aromatic nitrogens is 2. The molecule has 1 heterocycles. The predicted octanol–water partition coefficient (Wildman–Crippen LogP) is 3.28. The molecular weight excluding hydrogens is 276 g/mol. The number of nitrogens with one attached hydrogen (secondary N) is 1. The van der Waals surface area contributed by atoms with Gasteiger partial charge in [0.15, 0.2) is 0 Å². The Bertz CT molecular complexity index is 576. The molecule has 1 N–H and O–H groups in total. The fourth-order valence-corrected chi connectivity index (χ4v) is 3.48. The molecule has 2 rings (SSSR count). The lowest BCUT2D eigenvalue weighted by Gasteiger charge is -2.29. The zero-order chi connectivity index (χ0) is 14.7. The lowest BCUT2D eigenvalue weighted by molar-refractivity contribution is 0.251. The van der Waals surface area contributed by atoms with Crippen molar-refractivity contribution in [3.05, 3.63) is 31.6 Å². The normalized spacial score (nSPS) is 22.9. The van der Waals surface area contributed by atoms with E-state index < -0.39 is 0 Å². The first-order valence-corrected chi connectivity index (χ1v) is 7.99. The Morgan fingerprint density at radius 3 is 2.70 bits per heavy atom. The van der Waals surface area contributed by atoms with Crippen LogP contribution in [-0.2, 0) is 6.42 Å². The summed E-state index contributed by atoms with van der Waals surface area (Å²) < 4.78 is 1.42. The maximum Gasteiger partial charge on any atom is 0.329 e. The largest absolute Gasteiger partial charge is 0.329 e. The quantitative estimate of drug-likeness (QED) is 0.867. The molecule has 20 heavy (non-hydrogen) atoms. The third kappa shape index (κ3) is 3.00. The molecule has 0 spiro atoms. The second kappa shape index (κ2) is 6.61. The van der Waals surface area contributed by atoms with Gasteiger partial charge in [0.1, 0.15) is 5.15 Å². The molecule has 1 saturated carbocycles. The highest BCUT2D eigenvalue weighted by atomic mass is 35.5. The number of halogens is 1. The standard InChI is InChI=1S/C15H23ClN2O2/c1-3-6-12-13(16)17-15(20)18(14(12)19)11-8-5-7-10(4-2)9-11/h10-11H,3-9H2,1-2H3,(H,17,20). The van der Waals surface area contributed by atoms with Gasteiger partial charge in [0.05, 0.1) is 5.56 Å². The van der Waals surface area contributed by atoms with E-state index in [4.69, 9.17) is 11.6 Å². The summed E-state index contributed by atoms with van der Waals surface area (Å²) in [5.41, 5.74) is -0.00338. The summed E-state index contributed by atoms with van der Waals surface area (Å²) in [5, 5.41) is 0.209. The van der Waals surface area contributed by atoms with Crippen molar-refractivity contribution in [3.63, 3.8) is 0 Å². The summed E-state index contributed by atoms with van der Waals surface area (Å²) in [6.45, 7) is 4.17. The molecule has 1 aromatic rings. The molecule has 0 saturated heterocycles. The molecule has 0 amide bonds. The van der Waals surface area contributed by atoms with Crippen LogP contribution in [0, 0.1) is 5.92 Å². The molecule has 0 aromatic carbocycles. The average Bonchev–Trinajstić information content (AvgIpc) is 2.43. The van der Waals surface area contributed by atoms with Crippen LogP contribution >= 0.6 is 11.6 Å². The highest BCUT2D eigenvalue weighted by Gasteiger charge is 2.25. The highest BCUT2D eigenvalue weighted by molar-refractivity contribution is 6.30. The van der Waals surface area contributed by atoms with Gasteiger partial charge in [0, 0.05) is 6.04 Å². The molecule has 2 atom stereocenters. The summed E-state index contributed by atoms with van der Waals surface area (Å²) in [6.07, 6.45) is 6.68. The lowest BCUT2D eigenvalue weighted by Crippen LogP contribution is -2.41. The minimum Gasteiger partial charge on any atom is -0.297 e. The number of H-pyrrole nitrogens is 1. The third-order valence-electron chi connectivity index (χ3n) is 4.38. The topological polar surface area (TPSA) is 54.9 Å². The van der Waals surface area contributed by atoms with Crippen molar-refractivity contribution in [2.45, 2.75) is 64.8 Å². The first-order valence-electron chi connectivity index (χ1n) is 7.61. The van der Waals surface area contributed by atoms with Gasteiger partial charge in [-0.15, -0.1) is 0 Å². The summed E-state index contributed by atoms with van der Waals surface area (Å²) in [4.78, 5) is 27.3. The van der Waals surface area contributed by atoms with Crippen LogP contribution < -0.4 is 11.2 Å². The molecule has 1 fully saturated rings. The van der Waals surface area contributed by atoms with Crippen LogP contribution in [-0.4, -0.2) is 9.55 Å². The monoisotopic (exact) mass is 298 g/mol. The van der Waals surface area contributed by atoms with E-state index in [2.05, 4.69) is 11.9 Å². The second-order valence-electron chi connectivity index (χ2n) is 5.74. The predicted molar refractivity (Wildman–Crippen MR) is 81.6 cm³/mol. The Morgan fingerprint density at radius 2 is 2.05 bits per heavy atom. The van der Waals surface area contributed by atoms with Crippen molar-refractivity contribution in [2.75, 3.05) is 0 Å². The van der Waals surface area contributed by atoms with Gasteiger partial charge >= 0.3 is 5.69 Å². The smallest absolute Gasteiger partial charge is 0.297 e. The van der Waals surface area contributed by atoms with Crippen LogP contribution in [0.2, 0.25) is 5.15 Å². The van der Waals surface area contributed by atoms with Crippen molar-refractivity contribution < 1.29 is 0 Å². The molecule has 0 radical (unpaired) electrons. The van der Waals surface area contributed by atoms with Crippen molar-refractivity contribution in [3.8, 4) is 0 Å². The number of aromatic amines is 1. The fourth-order valence-electron chi connectivity index (χ4n) is 3.23. The van der Waals surface area contributed by atoms with E-state index in [1.807, 2.05) is 6.92 Å². The Kier molecular flexibility index (Phi) is 5.08. The van der Waals surface area contributed by atoms with E-state index in [0.29, 0.717) is 17.9 Å². The van der Waals surface area contributed by atoms with Gasteiger partial charge in [-0.1, -0.05) is 51.1 Å². The minimum absolute atomic E-state index is 0.0258. The molecule has 112 valence electrons. The number of nitrogens with zero attached hydrogens (tertiary/aromatic N) is 1. The Morgan fingerprint density at radius 1 is 1.30 bits per heavy atom. The van der Waals surface area contributed by atoms with Gasteiger partial charge in [0.2, 0.25) is 0 Å². The van der Waals surface area contributed by atoms with E-state index in [9.17, 15) is 9.59 Å². The van der Waals surface area contributed by atoms with Gasteiger partial charge < -0.3 is 0 Å². The van der Waals surface area contributed by atoms with Crippen LogP contribution in [0.4, 0.5) is 0 Å². The molecule has 1 aliphatic rings. The molecular formula is C15H23ClN2O2. The summed E-state index contributed by atoms with van der Waals surface area (Å²) in [5.74, 6) is 0.616. The summed E-state index contributed by atoms with van der Waals surface area (Å²) in [7, 11) is 0. The average molecular weight is 299 g/mol. The Labute approximate surface area is 124 Å². The minimum atomic E-state index is -0.360. The van der Waals surface area contributed by atoms with Gasteiger partial charge in [-0.2, -0.15) is 0 Å². The van der Waals surface area contributed by atoms with Crippen LogP contribution in [0.3, 0.4) is 0 Å². The zero-order valence-electron chi connectivity index (χ0n) is 12.2. The fraction of sp³-hybridized carbons (Fsp3) is 0.733. The highest BCUT2D eigenvalue weighted by Crippen LogP contribution is 2.32. The molecule has 5 heteroatoms. The van der Waals surface area contributed by atoms with Gasteiger partial charge in [-0.3, -0.25) is 14.3 Å². The van der Waals surface area contributed by atoms with E-state index >= 15 is 0 Å². The van der Waals surface area contributed by atoms with E-state index in [0.717, 1.165) is 32.1 Å². The first-order chi connectivity index (χ1) is 9.58. The zero-order valence-corrected chi connectivity index (χ0v) is 13.0. The van der Waals surface area contributed by atoms with E-state index in [1.165, 1.54) is 11.0 Å². The van der Waals surface area contributed by atoms with Crippen molar-refractivity contribution in [2.24, 2.45) is 5.92 Å². The first kappa shape index (κ1) is 15.4. The van der Waals surface area contributed by atoms with Crippen molar-refractivity contribution >= 4 is 11.6 Å². The van der Waals surface area contributed by atoms with E-state index in [1.54, 1.807) is 0 Å². The molecule has 1 aromatic heterocycles. The molecule has 1 aliphatic carbocycles. The van der Waals surface area contributed by atoms with Crippen LogP contribution in [0.5, 0.6) is 0 Å². The van der Waals surface area contributed by atoms with Crippen molar-refractivity contribution in [1.82, 2.24) is 9.55 Å². The van der Waals surface area contributed by atoms with Gasteiger partial charge in [-0.05, 0) is 25.2 Å².